The molecule has 0 saturated carbocycles. The van der Waals surface area contributed by atoms with Gasteiger partial charge in [-0.2, -0.15) is 0 Å². The van der Waals surface area contributed by atoms with E-state index in [4.69, 9.17) is 11.6 Å². The molecule has 0 radical (unpaired) electrons. The zero-order chi connectivity index (χ0) is 11.5. The number of halogens is 2. The Kier molecular flexibility index (Phi) is 3.46. The molecule has 2 rings (SSSR count). The Balaban J connectivity index is 2.31. The lowest BCUT2D eigenvalue weighted by Gasteiger charge is -2.09. The van der Waals surface area contributed by atoms with Gasteiger partial charge in [0.25, 0.3) is 0 Å². The van der Waals surface area contributed by atoms with Gasteiger partial charge in [-0.05, 0) is 52.7 Å². The summed E-state index contributed by atoms with van der Waals surface area (Å²) in [5.74, 6) is 0.791. The highest BCUT2D eigenvalue weighted by Gasteiger charge is 2.02. The first-order chi connectivity index (χ1) is 7.66. The van der Waals surface area contributed by atoms with Crippen molar-refractivity contribution in [2.24, 2.45) is 0 Å². The van der Waals surface area contributed by atoms with Gasteiger partial charge in [0.2, 0.25) is 0 Å². The molecule has 82 valence electrons. The number of hydrogen-bond acceptors (Lipinski definition) is 2. The lowest BCUT2D eigenvalue weighted by molar-refractivity contribution is 1.26. The van der Waals surface area contributed by atoms with Crippen LogP contribution in [0.2, 0.25) is 5.02 Å². The highest BCUT2D eigenvalue weighted by molar-refractivity contribution is 9.10. The summed E-state index contributed by atoms with van der Waals surface area (Å²) in [6.07, 6.45) is 0. The van der Waals surface area contributed by atoms with E-state index in [1.165, 1.54) is 0 Å². The molecule has 2 nitrogen and oxygen atoms in total. The highest BCUT2D eigenvalue weighted by atomic mass is 79.9. The molecule has 0 fully saturated rings. The fourth-order valence-corrected chi connectivity index (χ4v) is 1.88. The van der Waals surface area contributed by atoms with Gasteiger partial charge in [-0.15, -0.1) is 0 Å². The second-order valence-corrected chi connectivity index (χ2v) is 4.60. The van der Waals surface area contributed by atoms with Crippen LogP contribution in [0.4, 0.5) is 11.5 Å². The number of pyridine rings is 1. The molecule has 0 amide bonds. The summed E-state index contributed by atoms with van der Waals surface area (Å²) >= 11 is 9.37. The second-order valence-electron chi connectivity index (χ2n) is 3.38. The summed E-state index contributed by atoms with van der Waals surface area (Å²) in [4.78, 5) is 4.30. The summed E-state index contributed by atoms with van der Waals surface area (Å²) in [7, 11) is 0. The Bertz CT molecular complexity index is 514. The maximum Gasteiger partial charge on any atom is 0.131 e. The quantitative estimate of drug-likeness (QED) is 0.823. The van der Waals surface area contributed by atoms with Crippen molar-refractivity contribution in [1.82, 2.24) is 4.98 Å². The van der Waals surface area contributed by atoms with Crippen molar-refractivity contribution >= 4 is 39.0 Å². The summed E-state index contributed by atoms with van der Waals surface area (Å²) in [5.41, 5.74) is 1.99. The highest BCUT2D eigenvalue weighted by Crippen LogP contribution is 2.25. The molecule has 2 aromatic rings. The first kappa shape index (κ1) is 11.4. The van der Waals surface area contributed by atoms with Crippen LogP contribution in [-0.4, -0.2) is 4.98 Å². The lowest BCUT2D eigenvalue weighted by atomic mass is 10.2. The van der Waals surface area contributed by atoms with Crippen molar-refractivity contribution in [1.29, 1.82) is 0 Å². The van der Waals surface area contributed by atoms with Crippen molar-refractivity contribution in [2.75, 3.05) is 5.32 Å². The minimum atomic E-state index is 0.750. The molecular weight excluding hydrogens is 288 g/mol. The van der Waals surface area contributed by atoms with E-state index in [2.05, 4.69) is 26.2 Å². The number of hydrogen-bond donors (Lipinski definition) is 1. The normalized spacial score (nSPS) is 10.2. The van der Waals surface area contributed by atoms with Gasteiger partial charge in [0.05, 0.1) is 0 Å². The maximum absolute atomic E-state index is 6.04. The van der Waals surface area contributed by atoms with Gasteiger partial charge < -0.3 is 5.32 Å². The van der Waals surface area contributed by atoms with Crippen molar-refractivity contribution in [3.8, 4) is 0 Å². The molecule has 0 unspecified atom stereocenters. The van der Waals surface area contributed by atoms with E-state index in [9.17, 15) is 0 Å². The Morgan fingerprint density at radius 2 is 1.94 bits per heavy atom. The Labute approximate surface area is 108 Å². The molecule has 0 bridgehead atoms. The lowest BCUT2D eigenvalue weighted by Crippen LogP contribution is -1.95. The molecule has 0 aliphatic carbocycles. The van der Waals surface area contributed by atoms with E-state index >= 15 is 0 Å². The Hall–Kier alpha value is -1.06. The van der Waals surface area contributed by atoms with Crippen LogP contribution in [0.1, 0.15) is 5.56 Å². The van der Waals surface area contributed by atoms with Gasteiger partial charge >= 0.3 is 0 Å². The topological polar surface area (TPSA) is 24.9 Å². The van der Waals surface area contributed by atoms with Crippen molar-refractivity contribution in [2.45, 2.75) is 6.92 Å². The number of rotatable bonds is 2. The summed E-state index contributed by atoms with van der Waals surface area (Å²) in [6.45, 7) is 1.97. The van der Waals surface area contributed by atoms with Gasteiger partial charge in [-0.25, -0.2) is 4.98 Å². The minimum absolute atomic E-state index is 0.750. The zero-order valence-electron chi connectivity index (χ0n) is 8.67. The summed E-state index contributed by atoms with van der Waals surface area (Å²) in [6, 6.07) is 11.5. The van der Waals surface area contributed by atoms with Crippen LogP contribution in [0.3, 0.4) is 0 Å². The molecule has 1 aromatic carbocycles. The van der Waals surface area contributed by atoms with Crippen LogP contribution >= 0.6 is 27.5 Å². The number of anilines is 2. The van der Waals surface area contributed by atoms with Gasteiger partial charge in [0.15, 0.2) is 0 Å². The average Bonchev–Trinajstić information content (AvgIpc) is 2.25. The van der Waals surface area contributed by atoms with Gasteiger partial charge in [-0.3, -0.25) is 0 Å². The molecule has 0 aliphatic heterocycles. The second kappa shape index (κ2) is 4.85. The monoisotopic (exact) mass is 296 g/mol. The predicted octanol–water partition coefficient (Wildman–Crippen LogP) is 4.55. The minimum Gasteiger partial charge on any atom is -0.340 e. The van der Waals surface area contributed by atoms with Crippen LogP contribution in [0.15, 0.2) is 41.0 Å². The number of nitrogens with zero attached hydrogens (tertiary/aromatic N) is 1. The number of benzene rings is 1. The molecule has 1 N–H and O–H groups in total. The van der Waals surface area contributed by atoms with Crippen LogP contribution in [-0.2, 0) is 0 Å². The average molecular weight is 298 g/mol. The molecule has 0 aliphatic rings. The molecule has 0 saturated heterocycles. The van der Waals surface area contributed by atoms with Gasteiger partial charge in [0.1, 0.15) is 10.4 Å². The van der Waals surface area contributed by atoms with E-state index < -0.39 is 0 Å². The Morgan fingerprint density at radius 1 is 1.19 bits per heavy atom. The van der Waals surface area contributed by atoms with Crippen LogP contribution in [0, 0.1) is 6.92 Å². The standard InChI is InChI=1S/C12H10BrClN2/c1-8-9(14)4-2-5-10(8)15-12-7-3-6-11(13)16-12/h2-7H,1H3,(H,15,16). The van der Waals surface area contributed by atoms with Crippen LogP contribution in [0.5, 0.6) is 0 Å². The molecule has 0 atom stereocenters. The molecular formula is C12H10BrClN2. The largest absolute Gasteiger partial charge is 0.340 e. The van der Waals surface area contributed by atoms with Gasteiger partial charge in [0, 0.05) is 10.7 Å². The van der Waals surface area contributed by atoms with Crippen LogP contribution < -0.4 is 5.32 Å². The van der Waals surface area contributed by atoms with E-state index in [-0.39, 0.29) is 0 Å². The number of nitrogens with one attached hydrogen (secondary N) is 1. The van der Waals surface area contributed by atoms with Crippen molar-refractivity contribution in [3.05, 3.63) is 51.6 Å². The summed E-state index contributed by atoms with van der Waals surface area (Å²) in [5, 5.41) is 3.98. The first-order valence-electron chi connectivity index (χ1n) is 4.81. The van der Waals surface area contributed by atoms with Gasteiger partial charge in [-0.1, -0.05) is 23.7 Å². The van der Waals surface area contributed by atoms with Crippen molar-refractivity contribution < 1.29 is 0 Å². The SMILES string of the molecule is Cc1c(Cl)cccc1Nc1cccc(Br)n1. The van der Waals surface area contributed by atoms with E-state index in [0.29, 0.717) is 0 Å². The summed E-state index contributed by atoms with van der Waals surface area (Å²) < 4.78 is 0.803. The van der Waals surface area contributed by atoms with E-state index in [1.54, 1.807) is 0 Å². The fraction of sp³-hybridized carbons (Fsp3) is 0.0833. The molecule has 1 heterocycles. The Morgan fingerprint density at radius 3 is 2.69 bits per heavy atom. The van der Waals surface area contributed by atoms with Crippen LogP contribution in [0.25, 0.3) is 0 Å². The zero-order valence-corrected chi connectivity index (χ0v) is 11.0. The first-order valence-corrected chi connectivity index (χ1v) is 5.98. The third-order valence-corrected chi connectivity index (χ3v) is 3.10. The smallest absolute Gasteiger partial charge is 0.131 e. The van der Waals surface area contributed by atoms with E-state index in [1.807, 2.05) is 43.3 Å². The predicted molar refractivity (Wildman–Crippen MR) is 71.4 cm³/mol. The molecule has 0 spiro atoms. The number of aromatic nitrogens is 1. The third kappa shape index (κ3) is 2.54. The molecule has 1 aromatic heterocycles. The molecule has 4 heteroatoms. The molecule has 16 heavy (non-hydrogen) atoms. The maximum atomic E-state index is 6.04. The fourth-order valence-electron chi connectivity index (χ4n) is 1.36. The third-order valence-electron chi connectivity index (χ3n) is 2.25. The van der Waals surface area contributed by atoms with Crippen molar-refractivity contribution in [3.63, 3.8) is 0 Å². The van der Waals surface area contributed by atoms with E-state index in [0.717, 1.165) is 26.7 Å².